The molecule has 11 nitrogen and oxygen atoms in total. The number of rotatable bonds is 12. The molecule has 1 amide bonds. The molecule has 12 heteroatoms. The molecule has 1 fully saturated rings. The molecular formula is C37H46N8O3Si. The zero-order chi connectivity index (χ0) is 34.5. The zero-order valence-electron chi connectivity index (χ0n) is 29.4. The molecule has 49 heavy (non-hydrogen) atoms. The fraction of sp³-hybridized carbons (Fsp3) is 0.378. The highest BCUT2D eigenvalue weighted by atomic mass is 28.3. The third kappa shape index (κ3) is 8.76. The van der Waals surface area contributed by atoms with Gasteiger partial charge in [-0.1, -0.05) is 31.8 Å². The van der Waals surface area contributed by atoms with E-state index < -0.39 is 8.07 Å². The van der Waals surface area contributed by atoms with Crippen LogP contribution in [0.2, 0.25) is 25.7 Å². The van der Waals surface area contributed by atoms with Crippen LogP contribution in [0.15, 0.2) is 67.3 Å². The second-order valence-corrected chi connectivity index (χ2v) is 19.7. The van der Waals surface area contributed by atoms with Gasteiger partial charge in [0.25, 0.3) is 11.8 Å². The van der Waals surface area contributed by atoms with E-state index in [9.17, 15) is 4.79 Å². The molecule has 3 aromatic heterocycles. The Morgan fingerprint density at radius 2 is 1.71 bits per heavy atom. The summed E-state index contributed by atoms with van der Waals surface area (Å²) in [5, 5.41) is 3.07. The number of imidazole rings is 1. The van der Waals surface area contributed by atoms with Gasteiger partial charge in [0.2, 0.25) is 0 Å². The Bertz CT molecular complexity index is 1920. The average molecular weight is 679 g/mol. The first-order valence-electron chi connectivity index (χ1n) is 16.8. The van der Waals surface area contributed by atoms with Crippen molar-refractivity contribution >= 4 is 30.8 Å². The van der Waals surface area contributed by atoms with Crippen LogP contribution >= 0.6 is 0 Å². The molecule has 0 unspecified atom stereocenters. The first-order valence-corrected chi connectivity index (χ1v) is 20.5. The molecule has 0 radical (unpaired) electrons. The Balaban J connectivity index is 1.21. The molecule has 0 saturated carbocycles. The van der Waals surface area contributed by atoms with Gasteiger partial charge in [-0.05, 0) is 80.0 Å². The summed E-state index contributed by atoms with van der Waals surface area (Å²) in [5.74, 6) is 1.06. The summed E-state index contributed by atoms with van der Waals surface area (Å²) in [6, 6.07) is 16.3. The van der Waals surface area contributed by atoms with E-state index >= 15 is 0 Å². The van der Waals surface area contributed by atoms with Crippen molar-refractivity contribution in [2.45, 2.75) is 52.8 Å². The molecule has 0 bridgehead atoms. The highest BCUT2D eigenvalue weighted by Gasteiger charge is 2.20. The fourth-order valence-corrected chi connectivity index (χ4v) is 6.37. The number of amides is 1. The number of anilines is 1. The minimum absolute atomic E-state index is 0.221. The lowest BCUT2D eigenvalue weighted by atomic mass is 10.1. The van der Waals surface area contributed by atoms with Gasteiger partial charge >= 0.3 is 0 Å². The van der Waals surface area contributed by atoms with Crippen molar-refractivity contribution in [1.82, 2.24) is 34.3 Å². The van der Waals surface area contributed by atoms with Gasteiger partial charge in [0.15, 0.2) is 17.0 Å². The Kier molecular flexibility index (Phi) is 10.5. The predicted molar refractivity (Wildman–Crippen MR) is 196 cm³/mol. The molecule has 256 valence electrons. The maximum absolute atomic E-state index is 13.5. The van der Waals surface area contributed by atoms with Crippen LogP contribution in [-0.4, -0.2) is 88.1 Å². The van der Waals surface area contributed by atoms with Crippen LogP contribution in [0.5, 0.6) is 11.6 Å². The molecular weight excluding hydrogens is 633 g/mol. The van der Waals surface area contributed by atoms with Crippen LogP contribution in [0.3, 0.4) is 0 Å². The first-order chi connectivity index (χ1) is 23.5. The van der Waals surface area contributed by atoms with Crippen LogP contribution < -0.4 is 10.1 Å². The summed E-state index contributed by atoms with van der Waals surface area (Å²) in [5.41, 5.74) is 6.41. The van der Waals surface area contributed by atoms with E-state index in [2.05, 4.69) is 64.8 Å². The molecule has 6 rings (SSSR count). The maximum atomic E-state index is 13.5. The number of ether oxygens (including phenoxy) is 2. The number of carbonyl (C=O) groups excluding carboxylic acids is 1. The van der Waals surface area contributed by atoms with Gasteiger partial charge < -0.3 is 19.7 Å². The molecule has 0 atom stereocenters. The summed E-state index contributed by atoms with van der Waals surface area (Å²) in [6.45, 7) is 17.2. The van der Waals surface area contributed by atoms with Gasteiger partial charge in [0.05, 0.1) is 6.33 Å². The maximum Gasteiger partial charge on any atom is 0.255 e. The molecule has 1 aliphatic rings. The standard InChI is InChI=1S/C37H46N8O3Si/c1-26-7-8-29(36(46)40-31-10-9-30(27(2)21-31)23-44-17-15-43(3)16-18-44)22-32(26)48-37-33-35(41-34(42-37)28-11-13-38-14-12-28)45(24-39-33)25-47-19-20-49(4,5)6/h7-14,21-22,24H,15-20,23,25H2,1-6H3,(H,40,46). The average Bonchev–Trinajstić information content (AvgIpc) is 3.49. The van der Waals surface area contributed by atoms with Gasteiger partial charge in [0.1, 0.15) is 12.5 Å². The van der Waals surface area contributed by atoms with Crippen LogP contribution in [0, 0.1) is 13.8 Å². The molecule has 0 spiro atoms. The SMILES string of the molecule is Cc1cc(NC(=O)c2ccc(C)c(Oc3nc(-c4ccncc4)nc4c3ncn4COCC[Si](C)(C)C)c2)ccc1CN1CCN(C)CC1. The molecule has 1 aliphatic heterocycles. The summed E-state index contributed by atoms with van der Waals surface area (Å²) in [6.07, 6.45) is 5.11. The summed E-state index contributed by atoms with van der Waals surface area (Å²) >= 11 is 0. The number of likely N-dealkylation sites (N-methyl/N-ethyl adjacent to an activating group) is 1. The van der Waals surface area contributed by atoms with Gasteiger partial charge in [-0.2, -0.15) is 4.98 Å². The van der Waals surface area contributed by atoms with E-state index in [1.54, 1.807) is 30.9 Å². The predicted octanol–water partition coefficient (Wildman–Crippen LogP) is 6.61. The van der Waals surface area contributed by atoms with Gasteiger partial charge in [-0.3, -0.25) is 19.2 Å². The van der Waals surface area contributed by atoms with Crippen molar-refractivity contribution in [3.05, 3.63) is 89.5 Å². The molecule has 1 saturated heterocycles. The van der Waals surface area contributed by atoms with Gasteiger partial charge in [-0.15, -0.1) is 0 Å². The number of nitrogens with one attached hydrogen (secondary N) is 1. The summed E-state index contributed by atoms with van der Waals surface area (Å²) < 4.78 is 14.4. The van der Waals surface area contributed by atoms with Crippen LogP contribution in [-0.2, 0) is 18.0 Å². The molecule has 1 N–H and O–H groups in total. The second kappa shape index (κ2) is 15.0. The highest BCUT2D eigenvalue weighted by molar-refractivity contribution is 6.76. The minimum Gasteiger partial charge on any atom is -0.437 e. The number of hydrogen-bond donors (Lipinski definition) is 1. The van der Waals surface area contributed by atoms with Crippen molar-refractivity contribution in [3.63, 3.8) is 0 Å². The zero-order valence-corrected chi connectivity index (χ0v) is 30.4. The number of pyridine rings is 1. The van der Waals surface area contributed by atoms with E-state index in [1.807, 2.05) is 41.8 Å². The smallest absolute Gasteiger partial charge is 0.255 e. The lowest BCUT2D eigenvalue weighted by Crippen LogP contribution is -2.43. The Labute approximate surface area is 289 Å². The van der Waals surface area contributed by atoms with Crippen molar-refractivity contribution < 1.29 is 14.3 Å². The first kappa shape index (κ1) is 34.4. The van der Waals surface area contributed by atoms with E-state index in [0.29, 0.717) is 47.5 Å². The van der Waals surface area contributed by atoms with Crippen molar-refractivity contribution in [3.8, 4) is 23.0 Å². The van der Waals surface area contributed by atoms with Crippen LogP contribution in [0.4, 0.5) is 5.69 Å². The van der Waals surface area contributed by atoms with E-state index in [-0.39, 0.29) is 5.91 Å². The van der Waals surface area contributed by atoms with Crippen molar-refractivity contribution in [1.29, 1.82) is 0 Å². The van der Waals surface area contributed by atoms with Gasteiger partial charge in [0, 0.05) is 76.6 Å². The highest BCUT2D eigenvalue weighted by Crippen LogP contribution is 2.32. The second-order valence-electron chi connectivity index (χ2n) is 14.1. The largest absolute Gasteiger partial charge is 0.437 e. The number of piperazine rings is 1. The van der Waals surface area contributed by atoms with E-state index in [4.69, 9.17) is 19.4 Å². The van der Waals surface area contributed by atoms with Crippen molar-refractivity contribution in [2.24, 2.45) is 0 Å². The third-order valence-corrected chi connectivity index (χ3v) is 10.5. The monoisotopic (exact) mass is 678 g/mol. The van der Waals surface area contributed by atoms with Crippen LogP contribution in [0.1, 0.15) is 27.0 Å². The van der Waals surface area contributed by atoms with Crippen LogP contribution in [0.25, 0.3) is 22.6 Å². The number of nitrogens with zero attached hydrogens (tertiary/aromatic N) is 7. The topological polar surface area (TPSA) is 111 Å². The normalized spacial score (nSPS) is 14.3. The number of aromatic nitrogens is 5. The Hall–Kier alpha value is -4.49. The lowest BCUT2D eigenvalue weighted by Gasteiger charge is -2.32. The molecule has 4 heterocycles. The third-order valence-electron chi connectivity index (χ3n) is 8.84. The molecule has 0 aliphatic carbocycles. The number of benzene rings is 2. The van der Waals surface area contributed by atoms with Crippen molar-refractivity contribution in [2.75, 3.05) is 45.2 Å². The number of aryl methyl sites for hydroxylation is 2. The summed E-state index contributed by atoms with van der Waals surface area (Å²) in [4.78, 5) is 36.7. The minimum atomic E-state index is -1.23. The summed E-state index contributed by atoms with van der Waals surface area (Å²) in [7, 11) is 0.941. The number of hydrogen-bond acceptors (Lipinski definition) is 9. The molecule has 2 aromatic carbocycles. The molecule has 5 aromatic rings. The van der Waals surface area contributed by atoms with E-state index in [1.165, 1.54) is 5.56 Å². The number of fused-ring (bicyclic) bond motifs is 1. The van der Waals surface area contributed by atoms with Gasteiger partial charge in [-0.25, -0.2) is 9.97 Å². The Morgan fingerprint density at radius 1 is 0.939 bits per heavy atom. The fourth-order valence-electron chi connectivity index (χ4n) is 5.61. The number of carbonyl (C=O) groups is 1. The van der Waals surface area contributed by atoms with E-state index in [0.717, 1.165) is 61.1 Å². The quantitative estimate of drug-likeness (QED) is 0.115. The lowest BCUT2D eigenvalue weighted by molar-refractivity contribution is 0.0895. The Morgan fingerprint density at radius 3 is 2.45 bits per heavy atom.